The Kier molecular flexibility index (Phi) is 4.20. The minimum Gasteiger partial charge on any atom is -0.465 e. The summed E-state index contributed by atoms with van der Waals surface area (Å²) in [5.41, 5.74) is 4.22. The van der Waals surface area contributed by atoms with Crippen LogP contribution < -0.4 is 0 Å². The third-order valence-corrected chi connectivity index (χ3v) is 4.16. The number of rotatable bonds is 4. The molecule has 0 fully saturated rings. The second-order valence-corrected chi connectivity index (χ2v) is 6.11. The number of ether oxygens (including phenoxy) is 1. The van der Waals surface area contributed by atoms with E-state index in [4.69, 9.17) is 4.74 Å². The Labute approximate surface area is 136 Å². The third-order valence-electron chi connectivity index (χ3n) is 4.16. The molecule has 0 aliphatic carbocycles. The number of fused-ring (bicyclic) bond motifs is 1. The monoisotopic (exact) mass is 307 g/mol. The van der Waals surface area contributed by atoms with Crippen LogP contribution in [0.4, 0.5) is 0 Å². The van der Waals surface area contributed by atoms with Crippen LogP contribution in [-0.2, 0) is 11.3 Å². The van der Waals surface area contributed by atoms with Crippen molar-refractivity contribution in [3.05, 3.63) is 71.4 Å². The Balaban J connectivity index is 1.91. The second-order valence-electron chi connectivity index (χ2n) is 6.11. The first-order chi connectivity index (χ1) is 11.1. The average Bonchev–Trinajstić information content (AvgIpc) is 2.96. The quantitative estimate of drug-likeness (QED) is 0.660. The van der Waals surface area contributed by atoms with Crippen LogP contribution >= 0.6 is 0 Å². The van der Waals surface area contributed by atoms with Gasteiger partial charge in [-0.2, -0.15) is 0 Å². The van der Waals surface area contributed by atoms with Crippen molar-refractivity contribution in [2.75, 3.05) is 7.11 Å². The first kappa shape index (κ1) is 15.3. The van der Waals surface area contributed by atoms with Gasteiger partial charge in [0.1, 0.15) is 0 Å². The zero-order valence-corrected chi connectivity index (χ0v) is 13.7. The van der Waals surface area contributed by atoms with Gasteiger partial charge in [0, 0.05) is 18.3 Å². The molecule has 1 aromatic heterocycles. The van der Waals surface area contributed by atoms with E-state index in [0.717, 1.165) is 12.1 Å². The van der Waals surface area contributed by atoms with Crippen LogP contribution in [0.5, 0.6) is 0 Å². The normalized spacial score (nSPS) is 11.1. The van der Waals surface area contributed by atoms with Gasteiger partial charge in [-0.15, -0.1) is 0 Å². The van der Waals surface area contributed by atoms with Crippen molar-refractivity contribution in [3.63, 3.8) is 0 Å². The van der Waals surface area contributed by atoms with Gasteiger partial charge in [0.05, 0.1) is 12.7 Å². The summed E-state index contributed by atoms with van der Waals surface area (Å²) in [5.74, 6) is 0.227. The number of esters is 1. The number of aromatic nitrogens is 1. The number of carbonyl (C=O) groups excluding carboxylic acids is 1. The molecule has 0 saturated heterocycles. The van der Waals surface area contributed by atoms with Gasteiger partial charge in [0.2, 0.25) is 0 Å². The van der Waals surface area contributed by atoms with Crippen molar-refractivity contribution in [1.29, 1.82) is 0 Å². The minimum atomic E-state index is -0.300. The van der Waals surface area contributed by atoms with E-state index in [0.29, 0.717) is 11.5 Å². The molecule has 0 aliphatic heterocycles. The number of hydrogen-bond acceptors (Lipinski definition) is 2. The second kappa shape index (κ2) is 6.29. The van der Waals surface area contributed by atoms with E-state index in [9.17, 15) is 4.79 Å². The summed E-state index contributed by atoms with van der Waals surface area (Å²) in [7, 11) is 1.40. The fourth-order valence-corrected chi connectivity index (χ4v) is 2.83. The van der Waals surface area contributed by atoms with Gasteiger partial charge in [-0.3, -0.25) is 0 Å². The summed E-state index contributed by atoms with van der Waals surface area (Å²) in [5, 5.41) is 1.25. The molecule has 0 spiro atoms. The molecule has 0 radical (unpaired) electrons. The van der Waals surface area contributed by atoms with E-state index in [1.807, 2.05) is 18.2 Å². The van der Waals surface area contributed by atoms with E-state index in [1.165, 1.54) is 23.6 Å². The number of hydrogen-bond donors (Lipinski definition) is 0. The van der Waals surface area contributed by atoms with Gasteiger partial charge < -0.3 is 9.30 Å². The maximum atomic E-state index is 11.7. The highest BCUT2D eigenvalue weighted by molar-refractivity contribution is 5.89. The molecule has 0 saturated carbocycles. The lowest BCUT2D eigenvalue weighted by Gasteiger charge is -2.09. The molecule has 0 amide bonds. The zero-order valence-electron chi connectivity index (χ0n) is 13.7. The maximum Gasteiger partial charge on any atom is 0.337 e. The van der Waals surface area contributed by atoms with Crippen LogP contribution in [0.15, 0.2) is 54.7 Å². The zero-order chi connectivity index (χ0) is 16.4. The third kappa shape index (κ3) is 3.14. The average molecular weight is 307 g/mol. The Morgan fingerprint density at radius 2 is 1.96 bits per heavy atom. The molecule has 23 heavy (non-hydrogen) atoms. The Bertz CT molecular complexity index is 846. The highest BCUT2D eigenvalue weighted by atomic mass is 16.5. The smallest absolute Gasteiger partial charge is 0.337 e. The molecule has 1 heterocycles. The van der Waals surface area contributed by atoms with Crippen LogP contribution in [0.25, 0.3) is 10.9 Å². The molecular weight excluding hydrogens is 286 g/mol. The van der Waals surface area contributed by atoms with Gasteiger partial charge in [-0.25, -0.2) is 4.79 Å². The molecular formula is C20H21NO2. The lowest BCUT2D eigenvalue weighted by atomic mass is 10.0. The summed E-state index contributed by atoms with van der Waals surface area (Å²) in [6.07, 6.45) is 2.10. The molecule has 3 nitrogen and oxygen atoms in total. The van der Waals surface area contributed by atoms with Crippen molar-refractivity contribution in [3.8, 4) is 0 Å². The Morgan fingerprint density at radius 3 is 2.70 bits per heavy atom. The van der Waals surface area contributed by atoms with Crippen molar-refractivity contribution in [2.24, 2.45) is 0 Å². The van der Waals surface area contributed by atoms with Gasteiger partial charge in [-0.05, 0) is 52.8 Å². The van der Waals surface area contributed by atoms with Crippen LogP contribution in [0.2, 0.25) is 0 Å². The first-order valence-corrected chi connectivity index (χ1v) is 7.84. The SMILES string of the molecule is COC(=O)c1cccc(Cn2ccc3cc(C(C)C)ccc32)c1. The molecule has 3 rings (SSSR count). The number of methoxy groups -OCH3 is 1. The van der Waals surface area contributed by atoms with Crippen molar-refractivity contribution in [1.82, 2.24) is 4.57 Å². The van der Waals surface area contributed by atoms with Crippen LogP contribution in [0.1, 0.15) is 41.3 Å². The van der Waals surface area contributed by atoms with E-state index in [-0.39, 0.29) is 5.97 Å². The van der Waals surface area contributed by atoms with Crippen LogP contribution in [0, 0.1) is 0 Å². The van der Waals surface area contributed by atoms with Gasteiger partial charge in [0.15, 0.2) is 0 Å². The maximum absolute atomic E-state index is 11.7. The van der Waals surface area contributed by atoms with Crippen molar-refractivity contribution in [2.45, 2.75) is 26.3 Å². The molecule has 0 atom stereocenters. The Morgan fingerprint density at radius 1 is 1.13 bits per heavy atom. The first-order valence-electron chi connectivity index (χ1n) is 7.84. The highest BCUT2D eigenvalue weighted by Crippen LogP contribution is 2.23. The highest BCUT2D eigenvalue weighted by Gasteiger charge is 2.08. The van der Waals surface area contributed by atoms with E-state index < -0.39 is 0 Å². The molecule has 3 heteroatoms. The molecule has 2 aromatic carbocycles. The summed E-state index contributed by atoms with van der Waals surface area (Å²) in [6.45, 7) is 5.14. The summed E-state index contributed by atoms with van der Waals surface area (Å²) in [4.78, 5) is 11.7. The predicted octanol–water partition coefficient (Wildman–Crippen LogP) is 4.60. The van der Waals surface area contributed by atoms with Crippen molar-refractivity contribution < 1.29 is 9.53 Å². The lowest BCUT2D eigenvalue weighted by molar-refractivity contribution is 0.0600. The Hall–Kier alpha value is -2.55. The topological polar surface area (TPSA) is 31.2 Å². The standard InChI is InChI=1S/C20H21NO2/c1-14(2)16-7-8-19-17(12-16)9-10-21(19)13-15-5-4-6-18(11-15)20(22)23-3/h4-12,14H,13H2,1-3H3. The lowest BCUT2D eigenvalue weighted by Crippen LogP contribution is -2.03. The molecule has 0 unspecified atom stereocenters. The summed E-state index contributed by atoms with van der Waals surface area (Å²) >= 11 is 0. The summed E-state index contributed by atoms with van der Waals surface area (Å²) in [6, 6.07) is 16.3. The molecule has 3 aromatic rings. The fraction of sp³-hybridized carbons (Fsp3) is 0.250. The predicted molar refractivity (Wildman–Crippen MR) is 92.9 cm³/mol. The van der Waals surface area contributed by atoms with Gasteiger partial charge in [-0.1, -0.05) is 32.0 Å². The van der Waals surface area contributed by atoms with Gasteiger partial charge >= 0.3 is 5.97 Å². The molecule has 0 N–H and O–H groups in total. The number of nitrogens with zero attached hydrogens (tertiary/aromatic N) is 1. The number of carbonyl (C=O) groups is 1. The molecule has 118 valence electrons. The van der Waals surface area contributed by atoms with Crippen LogP contribution in [-0.4, -0.2) is 17.6 Å². The van der Waals surface area contributed by atoms with E-state index >= 15 is 0 Å². The summed E-state index contributed by atoms with van der Waals surface area (Å²) < 4.78 is 6.99. The van der Waals surface area contributed by atoms with Crippen molar-refractivity contribution >= 4 is 16.9 Å². The minimum absolute atomic E-state index is 0.300. The molecule has 0 aliphatic rings. The number of benzene rings is 2. The van der Waals surface area contributed by atoms with E-state index in [1.54, 1.807) is 6.07 Å². The molecule has 0 bridgehead atoms. The van der Waals surface area contributed by atoms with E-state index in [2.05, 4.69) is 48.9 Å². The van der Waals surface area contributed by atoms with Crippen LogP contribution in [0.3, 0.4) is 0 Å². The fourth-order valence-electron chi connectivity index (χ4n) is 2.83. The van der Waals surface area contributed by atoms with Gasteiger partial charge in [0.25, 0.3) is 0 Å². The largest absolute Gasteiger partial charge is 0.465 e.